The summed E-state index contributed by atoms with van der Waals surface area (Å²) >= 11 is 0. The van der Waals surface area contributed by atoms with Crippen molar-refractivity contribution in [2.45, 2.75) is 32.3 Å². The maximum atomic E-state index is 10.4. The van der Waals surface area contributed by atoms with Gasteiger partial charge in [0.15, 0.2) is 0 Å². The lowest BCUT2D eigenvalue weighted by Gasteiger charge is -2.24. The Morgan fingerprint density at radius 3 is 2.53 bits per heavy atom. The lowest BCUT2D eigenvalue weighted by molar-refractivity contribution is 0.122. The molecule has 1 atom stereocenters. The molecule has 0 aliphatic rings. The van der Waals surface area contributed by atoms with Gasteiger partial charge < -0.3 is 10.0 Å². The van der Waals surface area contributed by atoms with Crippen LogP contribution in [0.1, 0.15) is 32.3 Å². The van der Waals surface area contributed by atoms with E-state index in [1.165, 1.54) is 0 Å². The highest BCUT2D eigenvalue weighted by atomic mass is 16.3. The van der Waals surface area contributed by atoms with Gasteiger partial charge in [0.2, 0.25) is 0 Å². The average molecular weight is 231 g/mol. The summed E-state index contributed by atoms with van der Waals surface area (Å²) in [7, 11) is 3.93. The maximum Gasteiger partial charge on any atom is 0.150 e. The van der Waals surface area contributed by atoms with Crippen LogP contribution in [0.15, 0.2) is 24.3 Å². The summed E-state index contributed by atoms with van der Waals surface area (Å²) in [6.45, 7) is 3.83. The number of unbranched alkanes of at least 4 members (excludes halogenated alkanes) is 1. The Kier molecular flexibility index (Phi) is 4.60. The molecule has 0 aromatic heterocycles. The van der Waals surface area contributed by atoms with Crippen molar-refractivity contribution in [1.82, 2.24) is 0 Å². The van der Waals surface area contributed by atoms with E-state index in [1.54, 1.807) is 6.92 Å². The Bertz CT molecular complexity index is 424. The number of anilines is 1. The van der Waals surface area contributed by atoms with Crippen LogP contribution in [-0.2, 0) is 5.60 Å². The summed E-state index contributed by atoms with van der Waals surface area (Å²) in [6, 6.07) is 7.81. The van der Waals surface area contributed by atoms with Crippen molar-refractivity contribution >= 4 is 5.69 Å². The second-order valence-electron chi connectivity index (χ2n) is 4.54. The second-order valence-corrected chi connectivity index (χ2v) is 4.54. The molecule has 17 heavy (non-hydrogen) atoms. The fourth-order valence-electron chi connectivity index (χ4n) is 1.70. The van der Waals surface area contributed by atoms with Crippen molar-refractivity contribution in [3.05, 3.63) is 29.8 Å². The molecular weight excluding hydrogens is 210 g/mol. The van der Waals surface area contributed by atoms with Crippen molar-refractivity contribution in [3.63, 3.8) is 0 Å². The lowest BCUT2D eigenvalue weighted by atomic mass is 9.94. The molecule has 0 aliphatic carbocycles. The molecule has 0 spiro atoms. The van der Waals surface area contributed by atoms with Gasteiger partial charge in [-0.2, -0.15) is 0 Å². The molecule has 0 saturated carbocycles. The molecule has 0 radical (unpaired) electrons. The summed E-state index contributed by atoms with van der Waals surface area (Å²) in [5.74, 6) is 5.97. The van der Waals surface area contributed by atoms with Crippen LogP contribution in [0.25, 0.3) is 0 Å². The molecule has 0 bridgehead atoms. The first-order valence-corrected chi connectivity index (χ1v) is 5.98. The number of benzene rings is 1. The van der Waals surface area contributed by atoms with Gasteiger partial charge in [-0.3, -0.25) is 0 Å². The van der Waals surface area contributed by atoms with Gasteiger partial charge in [0, 0.05) is 31.8 Å². The normalized spacial score (nSPS) is 13.5. The molecule has 2 nitrogen and oxygen atoms in total. The van der Waals surface area contributed by atoms with Crippen LogP contribution in [0.2, 0.25) is 0 Å². The minimum Gasteiger partial charge on any atom is -0.377 e. The topological polar surface area (TPSA) is 23.5 Å². The van der Waals surface area contributed by atoms with Crippen LogP contribution >= 0.6 is 0 Å². The van der Waals surface area contributed by atoms with Gasteiger partial charge >= 0.3 is 0 Å². The fraction of sp³-hybridized carbons (Fsp3) is 0.467. The van der Waals surface area contributed by atoms with Gasteiger partial charge in [-0.05, 0) is 19.4 Å². The quantitative estimate of drug-likeness (QED) is 0.809. The van der Waals surface area contributed by atoms with E-state index >= 15 is 0 Å². The van der Waals surface area contributed by atoms with Crippen molar-refractivity contribution in [2.24, 2.45) is 0 Å². The number of hydrogen-bond acceptors (Lipinski definition) is 2. The number of aliphatic hydroxyl groups is 1. The van der Waals surface area contributed by atoms with Crippen LogP contribution in [0.4, 0.5) is 5.69 Å². The largest absolute Gasteiger partial charge is 0.377 e. The summed E-state index contributed by atoms with van der Waals surface area (Å²) < 4.78 is 0. The molecule has 0 amide bonds. The monoisotopic (exact) mass is 231 g/mol. The van der Waals surface area contributed by atoms with Gasteiger partial charge in [-0.25, -0.2) is 0 Å². The van der Waals surface area contributed by atoms with E-state index in [9.17, 15) is 5.11 Å². The van der Waals surface area contributed by atoms with Crippen LogP contribution in [-0.4, -0.2) is 19.2 Å². The van der Waals surface area contributed by atoms with E-state index in [4.69, 9.17) is 0 Å². The van der Waals surface area contributed by atoms with Crippen LogP contribution in [0.3, 0.4) is 0 Å². The molecule has 0 fully saturated rings. The van der Waals surface area contributed by atoms with E-state index in [2.05, 4.69) is 18.8 Å². The molecule has 0 saturated heterocycles. The number of rotatable bonds is 3. The van der Waals surface area contributed by atoms with E-state index in [0.717, 1.165) is 24.1 Å². The molecule has 1 N–H and O–H groups in total. The van der Waals surface area contributed by atoms with Crippen molar-refractivity contribution in [1.29, 1.82) is 0 Å². The zero-order valence-corrected chi connectivity index (χ0v) is 11.1. The summed E-state index contributed by atoms with van der Waals surface area (Å²) in [4.78, 5) is 1.99. The number of para-hydroxylation sites is 1. The zero-order chi connectivity index (χ0) is 12.9. The van der Waals surface area contributed by atoms with Gasteiger partial charge in [0.25, 0.3) is 0 Å². The number of nitrogens with zero attached hydrogens (tertiary/aromatic N) is 1. The predicted molar refractivity (Wildman–Crippen MR) is 73.0 cm³/mol. The van der Waals surface area contributed by atoms with Crippen molar-refractivity contribution < 1.29 is 5.11 Å². The Hall–Kier alpha value is -1.46. The Labute approximate surface area is 104 Å². The predicted octanol–water partition coefficient (Wildman–Crippen LogP) is 2.76. The lowest BCUT2D eigenvalue weighted by Crippen LogP contribution is -2.23. The van der Waals surface area contributed by atoms with E-state index in [1.807, 2.05) is 43.3 Å². The van der Waals surface area contributed by atoms with E-state index in [0.29, 0.717) is 0 Å². The smallest absolute Gasteiger partial charge is 0.150 e. The molecular formula is C15H21NO. The molecule has 1 unspecified atom stereocenters. The van der Waals surface area contributed by atoms with Crippen molar-refractivity contribution in [3.8, 4) is 11.8 Å². The highest BCUT2D eigenvalue weighted by Crippen LogP contribution is 2.29. The van der Waals surface area contributed by atoms with Gasteiger partial charge in [0.1, 0.15) is 5.60 Å². The first-order valence-electron chi connectivity index (χ1n) is 5.98. The van der Waals surface area contributed by atoms with Crippen LogP contribution in [0.5, 0.6) is 0 Å². The van der Waals surface area contributed by atoms with Crippen LogP contribution < -0.4 is 4.90 Å². The Balaban J connectivity index is 3.11. The van der Waals surface area contributed by atoms with E-state index < -0.39 is 5.60 Å². The van der Waals surface area contributed by atoms with Crippen molar-refractivity contribution in [2.75, 3.05) is 19.0 Å². The highest BCUT2D eigenvalue weighted by molar-refractivity contribution is 5.56. The third-order valence-electron chi connectivity index (χ3n) is 2.62. The fourth-order valence-corrected chi connectivity index (χ4v) is 1.70. The Morgan fingerprint density at radius 2 is 1.94 bits per heavy atom. The SMILES string of the molecule is CCCC#CC(C)(O)c1ccccc1N(C)C. The minimum absolute atomic E-state index is 0.820. The molecule has 2 heteroatoms. The minimum atomic E-state index is -1.09. The van der Waals surface area contributed by atoms with Gasteiger partial charge in [0.05, 0.1) is 0 Å². The highest BCUT2D eigenvalue weighted by Gasteiger charge is 2.23. The number of hydrogen-bond donors (Lipinski definition) is 1. The molecule has 1 rings (SSSR count). The molecule has 1 aromatic carbocycles. The summed E-state index contributed by atoms with van der Waals surface area (Å²) in [5, 5.41) is 10.4. The summed E-state index contributed by atoms with van der Waals surface area (Å²) in [6.07, 6.45) is 1.83. The summed E-state index contributed by atoms with van der Waals surface area (Å²) in [5.41, 5.74) is 0.771. The van der Waals surface area contributed by atoms with Gasteiger partial charge in [-0.15, -0.1) is 0 Å². The van der Waals surface area contributed by atoms with Crippen LogP contribution in [0, 0.1) is 11.8 Å². The molecule has 0 heterocycles. The first-order chi connectivity index (χ1) is 7.99. The molecule has 1 aromatic rings. The third kappa shape index (κ3) is 3.51. The second kappa shape index (κ2) is 5.75. The van der Waals surface area contributed by atoms with Gasteiger partial charge in [-0.1, -0.05) is 37.0 Å². The molecule has 0 aliphatic heterocycles. The van der Waals surface area contributed by atoms with E-state index in [-0.39, 0.29) is 0 Å². The maximum absolute atomic E-state index is 10.4. The third-order valence-corrected chi connectivity index (χ3v) is 2.62. The standard InChI is InChI=1S/C15H21NO/c1-5-6-9-12-15(2,17)13-10-7-8-11-14(13)16(3)4/h7-8,10-11,17H,5-6H2,1-4H3. The average Bonchev–Trinajstić information content (AvgIpc) is 2.29. The molecule has 92 valence electrons. The Morgan fingerprint density at radius 1 is 1.29 bits per heavy atom. The first kappa shape index (κ1) is 13.6. The zero-order valence-electron chi connectivity index (χ0n) is 11.1.